The minimum atomic E-state index is 0.466. The number of hydrogen-bond acceptors (Lipinski definition) is 2. The molecule has 1 aromatic carbocycles. The number of nitrogens with one attached hydrogen (secondary N) is 1. The highest BCUT2D eigenvalue weighted by molar-refractivity contribution is 5.56. The van der Waals surface area contributed by atoms with Crippen LogP contribution in [0.5, 0.6) is 0 Å². The lowest BCUT2D eigenvalue weighted by Crippen LogP contribution is -2.18. The largest absolute Gasteiger partial charge is 0.469 e. The van der Waals surface area contributed by atoms with Crippen molar-refractivity contribution in [3.8, 4) is 0 Å². The Morgan fingerprint density at radius 1 is 1.15 bits per heavy atom. The van der Waals surface area contributed by atoms with Gasteiger partial charge in [-0.05, 0) is 68.4 Å². The van der Waals surface area contributed by atoms with Crippen molar-refractivity contribution in [1.82, 2.24) is 0 Å². The van der Waals surface area contributed by atoms with Crippen LogP contribution in [0.15, 0.2) is 41.0 Å². The summed E-state index contributed by atoms with van der Waals surface area (Å²) in [5.41, 5.74) is 4.43. The Bertz CT molecular complexity index is 545. The van der Waals surface area contributed by atoms with Crippen molar-refractivity contribution in [1.29, 1.82) is 0 Å². The second-order valence-electron chi connectivity index (χ2n) is 5.81. The Hall–Kier alpha value is -1.70. The van der Waals surface area contributed by atoms with Gasteiger partial charge in [-0.1, -0.05) is 12.1 Å². The van der Waals surface area contributed by atoms with Gasteiger partial charge in [0, 0.05) is 18.2 Å². The molecule has 1 aromatic heterocycles. The Morgan fingerprint density at radius 2 is 2.05 bits per heavy atom. The average molecular weight is 269 g/mol. The van der Waals surface area contributed by atoms with Gasteiger partial charge in [-0.25, -0.2) is 0 Å². The van der Waals surface area contributed by atoms with E-state index in [1.807, 2.05) is 6.07 Å². The summed E-state index contributed by atoms with van der Waals surface area (Å²) >= 11 is 0. The Kier molecular flexibility index (Phi) is 4.10. The molecule has 0 saturated heterocycles. The number of furan rings is 1. The van der Waals surface area contributed by atoms with Crippen LogP contribution in [0.25, 0.3) is 0 Å². The quantitative estimate of drug-likeness (QED) is 0.858. The average Bonchev–Trinajstić information content (AvgIpc) is 2.99. The lowest BCUT2D eigenvalue weighted by atomic mass is 9.90. The van der Waals surface area contributed by atoms with Crippen LogP contribution in [-0.4, -0.2) is 6.04 Å². The predicted octanol–water partition coefficient (Wildman–Crippen LogP) is 4.59. The number of hydrogen-bond donors (Lipinski definition) is 1. The lowest BCUT2D eigenvalue weighted by molar-refractivity contribution is 0.495. The van der Waals surface area contributed by atoms with E-state index >= 15 is 0 Å². The molecule has 1 atom stereocenters. The molecule has 20 heavy (non-hydrogen) atoms. The molecule has 2 heteroatoms. The van der Waals surface area contributed by atoms with Gasteiger partial charge < -0.3 is 9.73 Å². The first-order valence-corrected chi connectivity index (χ1v) is 7.72. The fourth-order valence-corrected chi connectivity index (χ4v) is 3.07. The normalized spacial score (nSPS) is 15.7. The van der Waals surface area contributed by atoms with Crippen LogP contribution in [0.3, 0.4) is 0 Å². The van der Waals surface area contributed by atoms with Crippen molar-refractivity contribution in [2.24, 2.45) is 0 Å². The first kappa shape index (κ1) is 13.3. The maximum atomic E-state index is 5.40. The van der Waals surface area contributed by atoms with Gasteiger partial charge in [0.05, 0.1) is 6.26 Å². The van der Waals surface area contributed by atoms with Crippen LogP contribution in [0.2, 0.25) is 0 Å². The van der Waals surface area contributed by atoms with Gasteiger partial charge >= 0.3 is 0 Å². The topological polar surface area (TPSA) is 25.2 Å². The summed E-state index contributed by atoms with van der Waals surface area (Å²) in [4.78, 5) is 0. The minimum absolute atomic E-state index is 0.466. The zero-order valence-electron chi connectivity index (χ0n) is 12.2. The van der Waals surface area contributed by atoms with E-state index in [-0.39, 0.29) is 0 Å². The van der Waals surface area contributed by atoms with E-state index in [4.69, 9.17) is 4.42 Å². The highest BCUT2D eigenvalue weighted by Gasteiger charge is 2.14. The second-order valence-corrected chi connectivity index (χ2v) is 5.81. The third-order valence-electron chi connectivity index (χ3n) is 4.20. The van der Waals surface area contributed by atoms with Gasteiger partial charge in [-0.15, -0.1) is 0 Å². The van der Waals surface area contributed by atoms with E-state index in [1.54, 1.807) is 17.4 Å². The van der Waals surface area contributed by atoms with Crippen molar-refractivity contribution >= 4 is 5.69 Å². The number of benzene rings is 1. The monoisotopic (exact) mass is 269 g/mol. The van der Waals surface area contributed by atoms with E-state index in [0.29, 0.717) is 6.04 Å². The van der Waals surface area contributed by atoms with Gasteiger partial charge in [0.25, 0.3) is 0 Å². The number of fused-ring (bicyclic) bond motifs is 1. The Balaban J connectivity index is 1.62. The highest BCUT2D eigenvalue weighted by atomic mass is 16.3. The number of aryl methyl sites for hydroxylation is 2. The maximum absolute atomic E-state index is 5.40. The fourth-order valence-electron chi connectivity index (χ4n) is 3.07. The van der Waals surface area contributed by atoms with E-state index in [1.165, 1.54) is 31.4 Å². The summed E-state index contributed by atoms with van der Waals surface area (Å²) in [5.74, 6) is 1.08. The van der Waals surface area contributed by atoms with Gasteiger partial charge in [-0.2, -0.15) is 0 Å². The molecule has 1 N–H and O–H groups in total. The van der Waals surface area contributed by atoms with Crippen LogP contribution in [0.4, 0.5) is 5.69 Å². The molecule has 0 fully saturated rings. The van der Waals surface area contributed by atoms with E-state index < -0.39 is 0 Å². The maximum Gasteiger partial charge on any atom is 0.103 e. The van der Waals surface area contributed by atoms with Gasteiger partial charge in [0.15, 0.2) is 0 Å². The van der Waals surface area contributed by atoms with Crippen LogP contribution < -0.4 is 5.32 Å². The van der Waals surface area contributed by atoms with Crippen molar-refractivity contribution in [2.75, 3.05) is 5.32 Å². The SMILES string of the molecule is CC(CCc1ccco1)Nc1cccc2c1CCCC2. The molecule has 0 saturated carbocycles. The van der Waals surface area contributed by atoms with Crippen molar-refractivity contribution in [2.45, 2.75) is 51.5 Å². The molecule has 1 aliphatic carbocycles. The molecule has 1 unspecified atom stereocenters. The van der Waals surface area contributed by atoms with Crippen molar-refractivity contribution < 1.29 is 4.42 Å². The summed E-state index contributed by atoms with van der Waals surface area (Å²) in [6.45, 7) is 2.26. The summed E-state index contributed by atoms with van der Waals surface area (Å²) in [6.07, 6.45) is 8.97. The summed E-state index contributed by atoms with van der Waals surface area (Å²) < 4.78 is 5.40. The first-order chi connectivity index (χ1) is 9.83. The molecular weight excluding hydrogens is 246 g/mol. The Labute approximate surface area is 121 Å². The molecule has 2 aromatic rings. The molecule has 1 aliphatic rings. The Morgan fingerprint density at radius 3 is 2.90 bits per heavy atom. The molecule has 3 rings (SSSR count). The zero-order chi connectivity index (χ0) is 13.8. The summed E-state index contributed by atoms with van der Waals surface area (Å²) in [6, 6.07) is 11.2. The standard InChI is InChI=1S/C18H23NO/c1-14(11-12-16-8-5-13-20-16)19-18-10-4-7-15-6-2-3-9-17(15)18/h4-5,7-8,10,13-14,19H,2-3,6,9,11-12H2,1H3. The minimum Gasteiger partial charge on any atom is -0.469 e. The molecule has 106 valence electrons. The van der Waals surface area contributed by atoms with Crippen molar-refractivity contribution in [3.05, 3.63) is 53.5 Å². The summed E-state index contributed by atoms with van der Waals surface area (Å²) in [5, 5.41) is 3.69. The highest BCUT2D eigenvalue weighted by Crippen LogP contribution is 2.28. The molecule has 0 bridgehead atoms. The molecule has 0 aliphatic heterocycles. The second kappa shape index (κ2) is 6.17. The van der Waals surface area contributed by atoms with Crippen molar-refractivity contribution in [3.63, 3.8) is 0 Å². The third kappa shape index (κ3) is 3.06. The molecule has 0 spiro atoms. The predicted molar refractivity (Wildman–Crippen MR) is 83.2 cm³/mol. The van der Waals surface area contributed by atoms with Crippen LogP contribution >= 0.6 is 0 Å². The number of rotatable bonds is 5. The van der Waals surface area contributed by atoms with E-state index in [9.17, 15) is 0 Å². The van der Waals surface area contributed by atoms with Gasteiger partial charge in [-0.3, -0.25) is 0 Å². The van der Waals surface area contributed by atoms with Crippen LogP contribution in [-0.2, 0) is 19.3 Å². The van der Waals surface area contributed by atoms with E-state index in [0.717, 1.165) is 18.6 Å². The fraction of sp³-hybridized carbons (Fsp3) is 0.444. The van der Waals surface area contributed by atoms with Gasteiger partial charge in [0.2, 0.25) is 0 Å². The smallest absolute Gasteiger partial charge is 0.103 e. The molecule has 1 heterocycles. The first-order valence-electron chi connectivity index (χ1n) is 7.72. The number of anilines is 1. The lowest BCUT2D eigenvalue weighted by Gasteiger charge is -2.23. The molecule has 0 amide bonds. The third-order valence-corrected chi connectivity index (χ3v) is 4.20. The van der Waals surface area contributed by atoms with Gasteiger partial charge in [0.1, 0.15) is 5.76 Å². The van der Waals surface area contributed by atoms with E-state index in [2.05, 4.69) is 36.5 Å². The molecular formula is C18H23NO. The van der Waals surface area contributed by atoms with Crippen LogP contribution in [0, 0.1) is 0 Å². The van der Waals surface area contributed by atoms with Crippen LogP contribution in [0.1, 0.15) is 43.1 Å². The zero-order valence-corrected chi connectivity index (χ0v) is 12.2. The summed E-state index contributed by atoms with van der Waals surface area (Å²) in [7, 11) is 0. The molecule has 0 radical (unpaired) electrons. The molecule has 2 nitrogen and oxygen atoms in total.